The largest absolute Gasteiger partial charge is 0.487 e. The zero-order valence-corrected chi connectivity index (χ0v) is 14.4. The van der Waals surface area contributed by atoms with Crippen LogP contribution >= 0.6 is 11.6 Å². The molecule has 3 aromatic rings. The quantitative estimate of drug-likeness (QED) is 0.782. The first-order valence-electron chi connectivity index (χ1n) is 7.42. The molecule has 0 unspecified atom stereocenters. The van der Waals surface area contributed by atoms with Crippen LogP contribution in [0.2, 0.25) is 5.02 Å². The second-order valence-electron chi connectivity index (χ2n) is 6.60. The Morgan fingerprint density at radius 3 is 2.78 bits per heavy atom. The van der Waals surface area contributed by atoms with Crippen molar-refractivity contribution in [2.45, 2.75) is 39.7 Å². The number of hydrogen-bond acceptors (Lipinski definition) is 4. The summed E-state index contributed by atoms with van der Waals surface area (Å²) in [5.41, 5.74) is 3.50. The van der Waals surface area contributed by atoms with Gasteiger partial charge in [0, 0.05) is 16.8 Å². The number of aryl methyl sites for hydroxylation is 1. The molecular weight excluding hydrogens is 312 g/mol. The van der Waals surface area contributed by atoms with Crippen molar-refractivity contribution in [3.05, 3.63) is 46.5 Å². The number of aromatic amines is 1. The summed E-state index contributed by atoms with van der Waals surface area (Å²) in [4.78, 5) is 8.15. The van der Waals surface area contributed by atoms with Crippen molar-refractivity contribution in [1.29, 1.82) is 0 Å². The minimum atomic E-state index is -0.0637. The van der Waals surface area contributed by atoms with Gasteiger partial charge >= 0.3 is 0 Å². The monoisotopic (exact) mass is 330 g/mol. The van der Waals surface area contributed by atoms with Gasteiger partial charge in [0.05, 0.1) is 11.1 Å². The number of ether oxygens (including phenoxy) is 1. The molecule has 5 nitrogen and oxygen atoms in total. The number of halogens is 1. The Labute approximate surface area is 140 Å². The van der Waals surface area contributed by atoms with Gasteiger partial charge in [-0.3, -0.25) is 5.10 Å². The maximum Gasteiger partial charge on any atom is 0.184 e. The van der Waals surface area contributed by atoms with Crippen LogP contribution in [-0.2, 0) is 12.0 Å². The molecule has 23 heavy (non-hydrogen) atoms. The molecule has 1 aromatic carbocycles. The van der Waals surface area contributed by atoms with Gasteiger partial charge in [-0.05, 0) is 30.0 Å². The third-order valence-corrected chi connectivity index (χ3v) is 4.16. The lowest BCUT2D eigenvalue weighted by Gasteiger charge is -2.23. The molecule has 0 spiro atoms. The van der Waals surface area contributed by atoms with Crippen LogP contribution in [0.3, 0.4) is 0 Å². The Morgan fingerprint density at radius 2 is 2.04 bits per heavy atom. The number of hydrogen-bond donors (Lipinski definition) is 1. The normalized spacial score (nSPS) is 11.9. The number of H-pyrrole nitrogens is 1. The van der Waals surface area contributed by atoms with Crippen LogP contribution in [0.25, 0.3) is 11.0 Å². The number of nitrogens with zero attached hydrogens (tertiary/aromatic N) is 3. The van der Waals surface area contributed by atoms with E-state index in [1.807, 2.05) is 19.1 Å². The molecule has 0 radical (unpaired) electrons. The second-order valence-corrected chi connectivity index (χ2v) is 7.01. The summed E-state index contributed by atoms with van der Waals surface area (Å²) in [5, 5.41) is 8.74. The first-order valence-corrected chi connectivity index (χ1v) is 7.80. The molecule has 0 atom stereocenters. The van der Waals surface area contributed by atoms with E-state index in [0.29, 0.717) is 12.3 Å². The lowest BCUT2D eigenvalue weighted by molar-refractivity contribution is 0.294. The summed E-state index contributed by atoms with van der Waals surface area (Å²) in [6.07, 6.45) is 3.22. The predicted octanol–water partition coefficient (Wildman–Crippen LogP) is 4.19. The van der Waals surface area contributed by atoms with Crippen LogP contribution in [0.1, 0.15) is 37.6 Å². The molecule has 120 valence electrons. The van der Waals surface area contributed by atoms with Crippen molar-refractivity contribution in [1.82, 2.24) is 20.2 Å². The fourth-order valence-electron chi connectivity index (χ4n) is 2.43. The zero-order valence-electron chi connectivity index (χ0n) is 13.6. The summed E-state index contributed by atoms with van der Waals surface area (Å²) in [6, 6.07) is 3.97. The molecule has 0 saturated carbocycles. The highest BCUT2D eigenvalue weighted by atomic mass is 35.5. The lowest BCUT2D eigenvalue weighted by Crippen LogP contribution is -2.14. The summed E-state index contributed by atoms with van der Waals surface area (Å²) in [5.74, 6) is 0.832. The average Bonchev–Trinajstić information content (AvgIpc) is 2.90. The average molecular weight is 331 g/mol. The molecular formula is C17H19ClN4O. The molecule has 3 rings (SSSR count). The van der Waals surface area contributed by atoms with Crippen molar-refractivity contribution in [3.8, 4) is 5.75 Å². The molecule has 0 saturated heterocycles. The van der Waals surface area contributed by atoms with Crippen LogP contribution in [0, 0.1) is 6.92 Å². The van der Waals surface area contributed by atoms with Crippen molar-refractivity contribution >= 4 is 22.6 Å². The summed E-state index contributed by atoms with van der Waals surface area (Å²) in [6.45, 7) is 8.76. The predicted molar refractivity (Wildman–Crippen MR) is 90.9 cm³/mol. The minimum absolute atomic E-state index is 0.0637. The van der Waals surface area contributed by atoms with Gasteiger partial charge < -0.3 is 4.74 Å². The topological polar surface area (TPSA) is 63.7 Å². The zero-order chi connectivity index (χ0) is 16.6. The van der Waals surface area contributed by atoms with E-state index in [2.05, 4.69) is 40.9 Å². The summed E-state index contributed by atoms with van der Waals surface area (Å²) < 4.78 is 6.07. The third kappa shape index (κ3) is 3.15. The van der Waals surface area contributed by atoms with E-state index in [1.54, 1.807) is 6.20 Å². The fraction of sp³-hybridized carbons (Fsp3) is 0.353. The summed E-state index contributed by atoms with van der Waals surface area (Å²) in [7, 11) is 0. The maximum atomic E-state index is 6.28. The fourth-order valence-corrected chi connectivity index (χ4v) is 2.59. The molecule has 1 N–H and O–H groups in total. The highest BCUT2D eigenvalue weighted by Crippen LogP contribution is 2.36. The van der Waals surface area contributed by atoms with Crippen LogP contribution in [0.15, 0.2) is 24.7 Å². The minimum Gasteiger partial charge on any atom is -0.487 e. The SMILES string of the molecule is Cc1cc(OCc2[nH]nc3ncncc23)c(C(C)(C)C)cc1Cl. The van der Waals surface area contributed by atoms with Gasteiger partial charge in [-0.25, -0.2) is 9.97 Å². The molecule has 6 heteroatoms. The van der Waals surface area contributed by atoms with Crippen LogP contribution in [0.5, 0.6) is 5.75 Å². The van der Waals surface area contributed by atoms with Crippen LogP contribution in [0.4, 0.5) is 0 Å². The molecule has 0 aliphatic rings. The Hall–Kier alpha value is -2.14. The van der Waals surface area contributed by atoms with Crippen LogP contribution < -0.4 is 4.74 Å². The van der Waals surface area contributed by atoms with E-state index >= 15 is 0 Å². The van der Waals surface area contributed by atoms with Crippen molar-refractivity contribution in [3.63, 3.8) is 0 Å². The van der Waals surface area contributed by atoms with E-state index in [0.717, 1.165) is 33.0 Å². The lowest BCUT2D eigenvalue weighted by atomic mass is 9.86. The second kappa shape index (κ2) is 5.81. The van der Waals surface area contributed by atoms with Gasteiger partial charge in [-0.2, -0.15) is 5.10 Å². The molecule has 0 aliphatic heterocycles. The third-order valence-electron chi connectivity index (χ3n) is 3.75. The van der Waals surface area contributed by atoms with Crippen molar-refractivity contribution < 1.29 is 4.74 Å². The standard InChI is InChI=1S/C17H19ClN4O/c1-10-5-15(12(6-13(10)18)17(2,3)4)23-8-14-11-7-19-9-20-16(11)22-21-14/h5-7,9H,8H2,1-4H3,(H,19,20,21,22). The molecule has 2 heterocycles. The summed E-state index contributed by atoms with van der Waals surface area (Å²) >= 11 is 6.28. The van der Waals surface area contributed by atoms with Gasteiger partial charge in [0.2, 0.25) is 0 Å². The smallest absolute Gasteiger partial charge is 0.184 e. The van der Waals surface area contributed by atoms with Gasteiger partial charge in [-0.15, -0.1) is 0 Å². The molecule has 0 bridgehead atoms. The van der Waals surface area contributed by atoms with E-state index in [1.165, 1.54) is 6.33 Å². The first-order chi connectivity index (χ1) is 10.9. The molecule has 2 aromatic heterocycles. The Morgan fingerprint density at radius 1 is 1.26 bits per heavy atom. The Bertz CT molecular complexity index is 851. The van der Waals surface area contributed by atoms with Crippen molar-refractivity contribution in [2.75, 3.05) is 0 Å². The number of nitrogens with one attached hydrogen (secondary N) is 1. The highest BCUT2D eigenvalue weighted by Gasteiger charge is 2.21. The Balaban J connectivity index is 1.92. The number of benzene rings is 1. The van der Waals surface area contributed by atoms with Gasteiger partial charge in [-0.1, -0.05) is 32.4 Å². The van der Waals surface area contributed by atoms with Crippen molar-refractivity contribution in [2.24, 2.45) is 0 Å². The number of aromatic nitrogens is 4. The van der Waals surface area contributed by atoms with E-state index in [4.69, 9.17) is 16.3 Å². The molecule has 0 amide bonds. The van der Waals surface area contributed by atoms with Gasteiger partial charge in [0.1, 0.15) is 18.7 Å². The number of rotatable bonds is 3. The molecule has 0 aliphatic carbocycles. The highest BCUT2D eigenvalue weighted by molar-refractivity contribution is 6.31. The van der Waals surface area contributed by atoms with Gasteiger partial charge in [0.15, 0.2) is 5.65 Å². The van der Waals surface area contributed by atoms with E-state index in [9.17, 15) is 0 Å². The number of fused-ring (bicyclic) bond motifs is 1. The maximum absolute atomic E-state index is 6.28. The van der Waals surface area contributed by atoms with Crippen LogP contribution in [-0.4, -0.2) is 20.2 Å². The first kappa shape index (κ1) is 15.7. The van der Waals surface area contributed by atoms with E-state index < -0.39 is 0 Å². The Kier molecular flexibility index (Phi) is 3.98. The van der Waals surface area contributed by atoms with E-state index in [-0.39, 0.29) is 5.41 Å². The van der Waals surface area contributed by atoms with Gasteiger partial charge in [0.25, 0.3) is 0 Å². The molecule has 0 fully saturated rings.